The Kier molecular flexibility index (Phi) is 5.10. The first-order valence-corrected chi connectivity index (χ1v) is 7.42. The molecule has 2 N–H and O–H groups in total. The third kappa shape index (κ3) is 3.00. The van der Waals surface area contributed by atoms with Crippen molar-refractivity contribution in [3.63, 3.8) is 0 Å². The van der Waals surface area contributed by atoms with E-state index in [0.717, 1.165) is 36.2 Å². The highest BCUT2D eigenvalue weighted by Crippen LogP contribution is 2.26. The average molecular weight is 290 g/mol. The van der Waals surface area contributed by atoms with Gasteiger partial charge in [0.25, 0.3) is 0 Å². The first-order valence-electron chi connectivity index (χ1n) is 7.04. The topological polar surface area (TPSA) is 51.8 Å². The number of hydrogen-bond acceptors (Lipinski definition) is 3. The lowest BCUT2D eigenvalue weighted by Crippen LogP contribution is -2.12. The molecule has 2 aromatic rings. The molecular formula is C16H20ClN3. The Labute approximate surface area is 125 Å². The minimum Gasteiger partial charge on any atom is -0.330 e. The lowest BCUT2D eigenvalue weighted by atomic mass is 10.0. The van der Waals surface area contributed by atoms with E-state index < -0.39 is 0 Å². The molecule has 2 rings (SSSR count). The first-order chi connectivity index (χ1) is 9.71. The fourth-order valence-corrected chi connectivity index (χ4v) is 2.58. The number of nitrogens with two attached hydrogens (primary N) is 1. The number of aryl methyl sites for hydroxylation is 2. The van der Waals surface area contributed by atoms with Gasteiger partial charge in [-0.3, -0.25) is 0 Å². The van der Waals surface area contributed by atoms with Crippen LogP contribution in [0.2, 0.25) is 5.02 Å². The third-order valence-corrected chi connectivity index (χ3v) is 3.69. The van der Waals surface area contributed by atoms with E-state index in [-0.39, 0.29) is 0 Å². The Morgan fingerprint density at radius 1 is 1.05 bits per heavy atom. The van der Waals surface area contributed by atoms with E-state index in [9.17, 15) is 0 Å². The zero-order valence-corrected chi connectivity index (χ0v) is 12.7. The molecule has 106 valence electrons. The number of aromatic nitrogens is 2. The van der Waals surface area contributed by atoms with E-state index in [0.29, 0.717) is 17.4 Å². The zero-order chi connectivity index (χ0) is 14.5. The van der Waals surface area contributed by atoms with Gasteiger partial charge < -0.3 is 5.73 Å². The van der Waals surface area contributed by atoms with E-state index in [2.05, 4.69) is 13.8 Å². The number of nitrogens with zero attached hydrogens (tertiary/aromatic N) is 2. The third-order valence-electron chi connectivity index (χ3n) is 3.36. The number of hydrogen-bond donors (Lipinski definition) is 1. The SMILES string of the molecule is CCc1nc(-c2ccccc2Cl)nc(CC)c1CCN. The first kappa shape index (κ1) is 14.9. The van der Waals surface area contributed by atoms with Crippen molar-refractivity contribution in [1.82, 2.24) is 9.97 Å². The van der Waals surface area contributed by atoms with Crippen molar-refractivity contribution >= 4 is 11.6 Å². The molecule has 20 heavy (non-hydrogen) atoms. The van der Waals surface area contributed by atoms with Crippen molar-refractivity contribution in [3.8, 4) is 11.4 Å². The maximum Gasteiger partial charge on any atom is 0.161 e. The van der Waals surface area contributed by atoms with Gasteiger partial charge in [-0.15, -0.1) is 0 Å². The molecule has 0 fully saturated rings. The summed E-state index contributed by atoms with van der Waals surface area (Å²) < 4.78 is 0. The summed E-state index contributed by atoms with van der Waals surface area (Å²) in [6, 6.07) is 7.69. The van der Waals surface area contributed by atoms with Crippen LogP contribution in [-0.4, -0.2) is 16.5 Å². The van der Waals surface area contributed by atoms with Crippen LogP contribution in [0.3, 0.4) is 0 Å². The van der Waals surface area contributed by atoms with Gasteiger partial charge in [-0.25, -0.2) is 9.97 Å². The van der Waals surface area contributed by atoms with Gasteiger partial charge in [0.05, 0.1) is 5.02 Å². The molecule has 1 aromatic heterocycles. The minimum absolute atomic E-state index is 0.620. The average Bonchev–Trinajstić information content (AvgIpc) is 2.48. The summed E-state index contributed by atoms with van der Waals surface area (Å²) >= 11 is 6.25. The fraction of sp³-hybridized carbons (Fsp3) is 0.375. The summed E-state index contributed by atoms with van der Waals surface area (Å²) in [6.07, 6.45) is 2.58. The van der Waals surface area contributed by atoms with Gasteiger partial charge in [0.2, 0.25) is 0 Å². The van der Waals surface area contributed by atoms with Crippen LogP contribution in [0.25, 0.3) is 11.4 Å². The monoisotopic (exact) mass is 289 g/mol. The van der Waals surface area contributed by atoms with E-state index in [1.54, 1.807) is 0 Å². The van der Waals surface area contributed by atoms with Gasteiger partial charge in [0.1, 0.15) is 0 Å². The van der Waals surface area contributed by atoms with E-state index >= 15 is 0 Å². The second kappa shape index (κ2) is 6.82. The fourth-order valence-electron chi connectivity index (χ4n) is 2.36. The molecule has 0 atom stereocenters. The molecule has 0 amide bonds. The van der Waals surface area contributed by atoms with Crippen LogP contribution in [-0.2, 0) is 19.3 Å². The summed E-state index contributed by atoms with van der Waals surface area (Å²) in [6.45, 7) is 4.84. The molecule has 1 heterocycles. The van der Waals surface area contributed by atoms with Gasteiger partial charge in [-0.1, -0.05) is 37.6 Å². The highest BCUT2D eigenvalue weighted by atomic mass is 35.5. The summed E-state index contributed by atoms with van der Waals surface area (Å²) in [5, 5.41) is 0.684. The van der Waals surface area contributed by atoms with E-state index in [1.165, 1.54) is 5.56 Å². The molecule has 0 spiro atoms. The smallest absolute Gasteiger partial charge is 0.161 e. The number of halogens is 1. The highest BCUT2D eigenvalue weighted by Gasteiger charge is 2.14. The molecule has 0 saturated heterocycles. The normalized spacial score (nSPS) is 10.8. The molecule has 0 unspecified atom stereocenters. The van der Waals surface area contributed by atoms with Crippen LogP contribution in [0, 0.1) is 0 Å². The maximum atomic E-state index is 6.25. The van der Waals surface area contributed by atoms with E-state index in [1.807, 2.05) is 24.3 Å². The molecule has 3 nitrogen and oxygen atoms in total. The quantitative estimate of drug-likeness (QED) is 0.917. The lowest BCUT2D eigenvalue weighted by Gasteiger charge is -2.14. The van der Waals surface area contributed by atoms with Gasteiger partial charge in [0, 0.05) is 17.0 Å². The second-order valence-electron chi connectivity index (χ2n) is 4.64. The Morgan fingerprint density at radius 3 is 2.15 bits per heavy atom. The van der Waals surface area contributed by atoms with Gasteiger partial charge >= 0.3 is 0 Å². The van der Waals surface area contributed by atoms with Gasteiger partial charge in [-0.05, 0) is 43.5 Å². The lowest BCUT2D eigenvalue weighted by molar-refractivity contribution is 0.844. The van der Waals surface area contributed by atoms with Crippen molar-refractivity contribution in [3.05, 3.63) is 46.2 Å². The molecule has 4 heteroatoms. The summed E-state index contributed by atoms with van der Waals surface area (Å²) in [5.41, 5.74) is 9.95. The zero-order valence-electron chi connectivity index (χ0n) is 12.0. The predicted molar refractivity (Wildman–Crippen MR) is 84.0 cm³/mol. The summed E-state index contributed by atoms with van der Waals surface area (Å²) in [4.78, 5) is 9.40. The van der Waals surface area contributed by atoms with Crippen molar-refractivity contribution in [2.24, 2.45) is 5.73 Å². The molecule has 0 aliphatic carbocycles. The van der Waals surface area contributed by atoms with Crippen LogP contribution in [0.1, 0.15) is 30.8 Å². The second-order valence-corrected chi connectivity index (χ2v) is 5.05. The molecule has 0 saturated carbocycles. The highest BCUT2D eigenvalue weighted by molar-refractivity contribution is 6.33. The van der Waals surface area contributed by atoms with Crippen LogP contribution in [0.4, 0.5) is 0 Å². The molecule has 0 aliphatic heterocycles. The Hall–Kier alpha value is -1.45. The molecule has 0 radical (unpaired) electrons. The molecular weight excluding hydrogens is 270 g/mol. The molecule has 0 aliphatic rings. The van der Waals surface area contributed by atoms with Crippen molar-refractivity contribution in [1.29, 1.82) is 0 Å². The van der Waals surface area contributed by atoms with E-state index in [4.69, 9.17) is 27.3 Å². The van der Waals surface area contributed by atoms with Crippen molar-refractivity contribution < 1.29 is 0 Å². The van der Waals surface area contributed by atoms with Crippen LogP contribution in [0.5, 0.6) is 0 Å². The number of rotatable bonds is 5. The summed E-state index contributed by atoms with van der Waals surface area (Å²) in [7, 11) is 0. The largest absolute Gasteiger partial charge is 0.330 e. The van der Waals surface area contributed by atoms with Crippen LogP contribution >= 0.6 is 11.6 Å². The Morgan fingerprint density at radius 2 is 1.65 bits per heavy atom. The van der Waals surface area contributed by atoms with Crippen LogP contribution < -0.4 is 5.73 Å². The Balaban J connectivity index is 2.59. The molecule has 1 aromatic carbocycles. The van der Waals surface area contributed by atoms with Gasteiger partial charge in [-0.2, -0.15) is 0 Å². The maximum absolute atomic E-state index is 6.25. The van der Waals surface area contributed by atoms with Crippen LogP contribution in [0.15, 0.2) is 24.3 Å². The minimum atomic E-state index is 0.620. The van der Waals surface area contributed by atoms with Gasteiger partial charge in [0.15, 0.2) is 5.82 Å². The number of benzene rings is 1. The van der Waals surface area contributed by atoms with Crippen molar-refractivity contribution in [2.75, 3.05) is 6.54 Å². The van der Waals surface area contributed by atoms with Crippen molar-refractivity contribution in [2.45, 2.75) is 33.1 Å². The standard InChI is InChI=1S/C16H20ClN3/c1-3-14-12(9-10-18)15(4-2)20-16(19-14)11-7-5-6-8-13(11)17/h5-8H,3-4,9-10,18H2,1-2H3. The predicted octanol–water partition coefficient (Wildman–Crippen LogP) is 3.42. The Bertz CT molecular complexity index is 571. The molecule has 0 bridgehead atoms. The summed E-state index contributed by atoms with van der Waals surface area (Å²) in [5.74, 6) is 0.713.